The van der Waals surface area contributed by atoms with Crippen LogP contribution < -0.4 is 14.8 Å². The number of hydrogen-bond donors (Lipinski definition) is 1. The van der Waals surface area contributed by atoms with Crippen LogP contribution in [0.3, 0.4) is 0 Å². The van der Waals surface area contributed by atoms with Crippen LogP contribution in [0.1, 0.15) is 30.9 Å². The molecule has 0 spiro atoms. The Morgan fingerprint density at radius 1 is 1.39 bits per heavy atom. The minimum Gasteiger partial charge on any atom is -0.454 e. The average molecular weight is 320 g/mol. The molecule has 23 heavy (non-hydrogen) atoms. The Bertz CT molecular complexity index is 549. The summed E-state index contributed by atoms with van der Waals surface area (Å²) >= 11 is 0. The fourth-order valence-electron chi connectivity index (χ4n) is 3.20. The van der Waals surface area contributed by atoms with Crippen molar-refractivity contribution >= 4 is 5.91 Å². The van der Waals surface area contributed by atoms with Crippen molar-refractivity contribution in [2.24, 2.45) is 0 Å². The summed E-state index contributed by atoms with van der Waals surface area (Å²) < 4.78 is 15.8. The summed E-state index contributed by atoms with van der Waals surface area (Å²) in [6.07, 6.45) is 3.01. The number of methoxy groups -OCH3 is 1. The second-order valence-electron chi connectivity index (χ2n) is 5.94. The maximum Gasteiger partial charge on any atom is 0.234 e. The van der Waals surface area contributed by atoms with Crippen molar-refractivity contribution in [3.8, 4) is 11.5 Å². The van der Waals surface area contributed by atoms with Gasteiger partial charge in [0.25, 0.3) is 0 Å². The second kappa shape index (κ2) is 7.66. The van der Waals surface area contributed by atoms with Crippen LogP contribution in [0.25, 0.3) is 0 Å². The highest BCUT2D eigenvalue weighted by atomic mass is 16.7. The number of amides is 1. The van der Waals surface area contributed by atoms with E-state index in [9.17, 15) is 4.79 Å². The zero-order valence-electron chi connectivity index (χ0n) is 13.5. The second-order valence-corrected chi connectivity index (χ2v) is 5.94. The molecule has 0 aliphatic carbocycles. The highest BCUT2D eigenvalue weighted by Gasteiger charge is 2.28. The van der Waals surface area contributed by atoms with Gasteiger partial charge >= 0.3 is 0 Å². The Kier molecular flexibility index (Phi) is 5.35. The van der Waals surface area contributed by atoms with Gasteiger partial charge in [-0.25, -0.2) is 0 Å². The van der Waals surface area contributed by atoms with E-state index in [0.29, 0.717) is 19.7 Å². The maximum atomic E-state index is 12.1. The van der Waals surface area contributed by atoms with Crippen molar-refractivity contribution in [3.05, 3.63) is 23.8 Å². The van der Waals surface area contributed by atoms with Crippen molar-refractivity contribution in [1.29, 1.82) is 0 Å². The smallest absolute Gasteiger partial charge is 0.234 e. The molecular weight excluding hydrogens is 296 g/mol. The van der Waals surface area contributed by atoms with E-state index in [1.54, 1.807) is 7.11 Å². The van der Waals surface area contributed by atoms with E-state index in [2.05, 4.69) is 16.3 Å². The Hall–Kier alpha value is -1.79. The lowest BCUT2D eigenvalue weighted by molar-refractivity contribution is -0.122. The SMILES string of the molecule is COCCCNC(=O)CN1CCCC1c1ccc2c(c1)OCO2. The highest BCUT2D eigenvalue weighted by Crippen LogP contribution is 2.38. The molecule has 2 heterocycles. The highest BCUT2D eigenvalue weighted by molar-refractivity contribution is 5.78. The fourth-order valence-corrected chi connectivity index (χ4v) is 3.20. The predicted molar refractivity (Wildman–Crippen MR) is 85.6 cm³/mol. The number of carbonyl (C=O) groups excluding carboxylic acids is 1. The number of nitrogens with one attached hydrogen (secondary N) is 1. The molecule has 1 aromatic carbocycles. The largest absolute Gasteiger partial charge is 0.454 e. The third-order valence-corrected chi connectivity index (χ3v) is 4.34. The van der Waals surface area contributed by atoms with Crippen LogP contribution in [-0.4, -0.2) is 51.0 Å². The van der Waals surface area contributed by atoms with E-state index in [4.69, 9.17) is 14.2 Å². The van der Waals surface area contributed by atoms with Crippen LogP contribution in [0, 0.1) is 0 Å². The number of nitrogens with zero attached hydrogens (tertiary/aromatic N) is 1. The van der Waals surface area contributed by atoms with Gasteiger partial charge in [-0.05, 0) is 43.5 Å². The first-order chi connectivity index (χ1) is 11.3. The Morgan fingerprint density at radius 3 is 3.13 bits per heavy atom. The minimum absolute atomic E-state index is 0.0775. The van der Waals surface area contributed by atoms with Crippen LogP contribution in [0.4, 0.5) is 0 Å². The quantitative estimate of drug-likeness (QED) is 0.775. The first-order valence-corrected chi connectivity index (χ1v) is 8.17. The summed E-state index contributed by atoms with van der Waals surface area (Å²) in [5, 5.41) is 2.95. The third-order valence-electron chi connectivity index (χ3n) is 4.34. The molecule has 1 saturated heterocycles. The zero-order chi connectivity index (χ0) is 16.1. The molecule has 3 rings (SSSR count). The van der Waals surface area contributed by atoms with Gasteiger partial charge in [-0.2, -0.15) is 0 Å². The normalized spacial score (nSPS) is 20.0. The Labute approximate surface area is 136 Å². The molecule has 0 radical (unpaired) electrons. The van der Waals surface area contributed by atoms with Gasteiger partial charge in [0.1, 0.15) is 0 Å². The summed E-state index contributed by atoms with van der Waals surface area (Å²) in [7, 11) is 1.67. The van der Waals surface area contributed by atoms with Gasteiger partial charge in [-0.3, -0.25) is 9.69 Å². The average Bonchev–Trinajstić information content (AvgIpc) is 3.19. The molecule has 1 unspecified atom stereocenters. The molecule has 0 aromatic heterocycles. The molecule has 1 atom stereocenters. The molecule has 1 amide bonds. The lowest BCUT2D eigenvalue weighted by Gasteiger charge is -2.24. The number of ether oxygens (including phenoxy) is 3. The van der Waals surface area contributed by atoms with Crippen LogP contribution >= 0.6 is 0 Å². The molecule has 0 saturated carbocycles. The van der Waals surface area contributed by atoms with E-state index < -0.39 is 0 Å². The number of fused-ring (bicyclic) bond motifs is 1. The van der Waals surface area contributed by atoms with Crippen LogP contribution in [0.5, 0.6) is 11.5 Å². The van der Waals surface area contributed by atoms with E-state index in [0.717, 1.165) is 37.3 Å². The fraction of sp³-hybridized carbons (Fsp3) is 0.588. The lowest BCUT2D eigenvalue weighted by atomic mass is 10.0. The standard InChI is InChI=1S/C17H24N2O4/c1-21-9-3-7-18-17(20)11-19-8-2-4-14(19)13-5-6-15-16(10-13)23-12-22-15/h5-6,10,14H,2-4,7-9,11-12H2,1H3,(H,18,20). The maximum absolute atomic E-state index is 12.1. The number of rotatable bonds is 7. The van der Waals surface area contributed by atoms with E-state index in [1.165, 1.54) is 5.56 Å². The molecule has 1 fully saturated rings. The molecule has 6 heteroatoms. The summed E-state index contributed by atoms with van der Waals surface area (Å²) in [5.74, 6) is 1.68. The third kappa shape index (κ3) is 3.95. The number of benzene rings is 1. The van der Waals surface area contributed by atoms with Crippen LogP contribution in [-0.2, 0) is 9.53 Å². The molecule has 1 N–H and O–H groups in total. The van der Waals surface area contributed by atoms with Gasteiger partial charge in [0.2, 0.25) is 12.7 Å². The number of hydrogen-bond acceptors (Lipinski definition) is 5. The summed E-state index contributed by atoms with van der Waals surface area (Å²) in [5.41, 5.74) is 1.19. The minimum atomic E-state index is 0.0775. The monoisotopic (exact) mass is 320 g/mol. The molecule has 0 bridgehead atoms. The number of likely N-dealkylation sites (tertiary alicyclic amines) is 1. The van der Waals surface area contributed by atoms with Crippen LogP contribution in [0.15, 0.2) is 18.2 Å². The van der Waals surface area contributed by atoms with Gasteiger partial charge < -0.3 is 19.5 Å². The van der Waals surface area contributed by atoms with E-state index in [1.807, 2.05) is 12.1 Å². The van der Waals surface area contributed by atoms with Crippen LogP contribution in [0.2, 0.25) is 0 Å². The Balaban J connectivity index is 1.56. The van der Waals surface area contributed by atoms with Gasteiger partial charge in [0, 0.05) is 26.3 Å². The van der Waals surface area contributed by atoms with Crippen molar-refractivity contribution in [3.63, 3.8) is 0 Å². The van der Waals surface area contributed by atoms with Gasteiger partial charge in [-0.1, -0.05) is 6.07 Å². The molecule has 126 valence electrons. The summed E-state index contributed by atoms with van der Waals surface area (Å²) in [6.45, 7) is 3.01. The van der Waals surface area contributed by atoms with E-state index >= 15 is 0 Å². The molecule has 1 aromatic rings. The first-order valence-electron chi connectivity index (χ1n) is 8.17. The van der Waals surface area contributed by atoms with Gasteiger partial charge in [-0.15, -0.1) is 0 Å². The van der Waals surface area contributed by atoms with Gasteiger partial charge in [0.05, 0.1) is 6.54 Å². The van der Waals surface area contributed by atoms with E-state index in [-0.39, 0.29) is 18.7 Å². The van der Waals surface area contributed by atoms with Crippen molar-refractivity contribution in [2.45, 2.75) is 25.3 Å². The first kappa shape index (κ1) is 16.1. The Morgan fingerprint density at radius 2 is 2.26 bits per heavy atom. The summed E-state index contributed by atoms with van der Waals surface area (Å²) in [4.78, 5) is 14.3. The molecular formula is C17H24N2O4. The van der Waals surface area contributed by atoms with Crippen molar-refractivity contribution < 1.29 is 19.0 Å². The van der Waals surface area contributed by atoms with Gasteiger partial charge in [0.15, 0.2) is 11.5 Å². The predicted octanol–water partition coefficient (Wildman–Crippen LogP) is 1.70. The molecule has 2 aliphatic rings. The molecule has 6 nitrogen and oxygen atoms in total. The zero-order valence-corrected chi connectivity index (χ0v) is 13.5. The topological polar surface area (TPSA) is 60.0 Å². The molecule has 2 aliphatic heterocycles. The van der Waals surface area contributed by atoms with Crippen molar-refractivity contribution in [1.82, 2.24) is 10.2 Å². The number of carbonyl (C=O) groups is 1. The van der Waals surface area contributed by atoms with Crippen molar-refractivity contribution in [2.75, 3.05) is 40.1 Å². The summed E-state index contributed by atoms with van der Waals surface area (Å²) in [6, 6.07) is 6.35. The lowest BCUT2D eigenvalue weighted by Crippen LogP contribution is -2.37.